The lowest BCUT2D eigenvalue weighted by atomic mass is 10.1. The predicted octanol–water partition coefficient (Wildman–Crippen LogP) is 3.09. The molecule has 0 radical (unpaired) electrons. The monoisotopic (exact) mass is 337 g/mol. The topological polar surface area (TPSA) is 32.5 Å². The number of hydrogen-bond acceptors (Lipinski definition) is 3. The van der Waals surface area contributed by atoms with Crippen LogP contribution in [0.5, 0.6) is 0 Å². The van der Waals surface area contributed by atoms with E-state index >= 15 is 0 Å². The van der Waals surface area contributed by atoms with E-state index in [0.717, 1.165) is 22.7 Å². The fourth-order valence-electron chi connectivity index (χ4n) is 3.48. The molecule has 0 amide bonds. The van der Waals surface area contributed by atoms with E-state index in [-0.39, 0.29) is 0 Å². The van der Waals surface area contributed by atoms with Crippen molar-refractivity contribution in [2.24, 2.45) is 0 Å². The first kappa shape index (κ1) is 14.4. The van der Waals surface area contributed by atoms with Crippen molar-refractivity contribution in [3.8, 4) is 0 Å². The Balaban J connectivity index is 1.51. The van der Waals surface area contributed by atoms with Crippen LogP contribution in [-0.2, 0) is 6.54 Å². The van der Waals surface area contributed by atoms with E-state index in [0.29, 0.717) is 0 Å². The van der Waals surface area contributed by atoms with Crippen molar-refractivity contribution in [2.45, 2.75) is 38.3 Å². The molecule has 4 heteroatoms. The van der Waals surface area contributed by atoms with Crippen LogP contribution in [0.2, 0.25) is 0 Å². The second-order valence-electron chi connectivity index (χ2n) is 6.11. The zero-order valence-corrected chi connectivity index (χ0v) is 13.6. The maximum Gasteiger partial charge on any atom is 0.0458 e. The highest BCUT2D eigenvalue weighted by Gasteiger charge is 2.25. The Morgan fingerprint density at radius 1 is 1.10 bits per heavy atom. The van der Waals surface area contributed by atoms with Crippen LogP contribution in [0, 0.1) is 0 Å². The first-order valence-corrected chi connectivity index (χ1v) is 8.52. The number of nitrogens with zero attached hydrogens (tertiary/aromatic N) is 2. The summed E-state index contributed by atoms with van der Waals surface area (Å²) < 4.78 is 1.01. The average molecular weight is 338 g/mol. The smallest absolute Gasteiger partial charge is 0.0458 e. The molecule has 0 aromatic heterocycles. The quantitative estimate of drug-likeness (QED) is 0.860. The van der Waals surface area contributed by atoms with Crippen molar-refractivity contribution >= 4 is 21.6 Å². The first-order valence-electron chi connectivity index (χ1n) is 7.73. The first-order chi connectivity index (χ1) is 9.72. The number of anilines is 1. The third-order valence-corrected chi connectivity index (χ3v) is 5.41. The van der Waals surface area contributed by atoms with Gasteiger partial charge in [-0.05, 0) is 46.5 Å². The molecule has 3 nitrogen and oxygen atoms in total. The number of halogens is 1. The van der Waals surface area contributed by atoms with Crippen molar-refractivity contribution in [1.29, 1.82) is 0 Å². The van der Waals surface area contributed by atoms with Crippen LogP contribution in [0.4, 0.5) is 5.69 Å². The summed E-state index contributed by atoms with van der Waals surface area (Å²) >= 11 is 3.51. The van der Waals surface area contributed by atoms with Gasteiger partial charge in [0.1, 0.15) is 0 Å². The molecule has 1 aromatic rings. The van der Waals surface area contributed by atoms with Gasteiger partial charge in [0.05, 0.1) is 0 Å². The van der Waals surface area contributed by atoms with Crippen molar-refractivity contribution in [1.82, 2.24) is 9.80 Å². The van der Waals surface area contributed by atoms with Crippen molar-refractivity contribution in [3.63, 3.8) is 0 Å². The number of nitrogens with two attached hydrogens (primary N) is 1. The van der Waals surface area contributed by atoms with Crippen LogP contribution < -0.4 is 5.73 Å². The maximum absolute atomic E-state index is 5.84. The fourth-order valence-corrected chi connectivity index (χ4v) is 3.91. The highest BCUT2D eigenvalue weighted by Crippen LogP contribution is 2.25. The Labute approximate surface area is 130 Å². The normalized spacial score (nSPS) is 22.4. The van der Waals surface area contributed by atoms with Gasteiger partial charge >= 0.3 is 0 Å². The minimum absolute atomic E-state index is 0.819. The second-order valence-corrected chi connectivity index (χ2v) is 6.96. The molecule has 110 valence electrons. The largest absolute Gasteiger partial charge is 0.398 e. The Morgan fingerprint density at radius 2 is 1.80 bits per heavy atom. The Kier molecular flexibility index (Phi) is 4.64. The molecular weight excluding hydrogens is 314 g/mol. The zero-order valence-electron chi connectivity index (χ0n) is 12.0. The van der Waals surface area contributed by atoms with Crippen LogP contribution in [0.25, 0.3) is 0 Å². The Morgan fingerprint density at radius 3 is 2.45 bits per heavy atom. The summed E-state index contributed by atoms with van der Waals surface area (Å²) in [5, 5.41) is 0. The second kappa shape index (κ2) is 6.46. The molecule has 2 fully saturated rings. The van der Waals surface area contributed by atoms with Crippen molar-refractivity contribution < 1.29 is 0 Å². The molecule has 20 heavy (non-hydrogen) atoms. The van der Waals surface area contributed by atoms with Gasteiger partial charge in [-0.1, -0.05) is 18.9 Å². The van der Waals surface area contributed by atoms with Crippen LogP contribution in [0.15, 0.2) is 22.7 Å². The lowest BCUT2D eigenvalue weighted by molar-refractivity contribution is 0.0937. The summed E-state index contributed by atoms with van der Waals surface area (Å²) in [4.78, 5) is 5.27. The molecule has 1 aliphatic heterocycles. The Bertz CT molecular complexity index is 449. The van der Waals surface area contributed by atoms with Gasteiger partial charge in [0.25, 0.3) is 0 Å². The van der Waals surface area contributed by atoms with Gasteiger partial charge < -0.3 is 5.73 Å². The van der Waals surface area contributed by atoms with Crippen molar-refractivity contribution in [2.75, 3.05) is 31.9 Å². The fraction of sp³-hybridized carbons (Fsp3) is 0.625. The van der Waals surface area contributed by atoms with E-state index in [1.165, 1.54) is 57.4 Å². The molecule has 3 rings (SSSR count). The molecule has 2 N–H and O–H groups in total. The summed E-state index contributed by atoms with van der Waals surface area (Å²) in [6.07, 6.45) is 5.71. The number of rotatable bonds is 3. The number of nitrogen functional groups attached to an aromatic ring is 1. The molecule has 1 aliphatic carbocycles. The van der Waals surface area contributed by atoms with Crippen LogP contribution in [-0.4, -0.2) is 42.0 Å². The van der Waals surface area contributed by atoms with Gasteiger partial charge in [-0.2, -0.15) is 0 Å². The lowest BCUT2D eigenvalue weighted by Gasteiger charge is -2.38. The van der Waals surface area contributed by atoms with E-state index in [9.17, 15) is 0 Å². The van der Waals surface area contributed by atoms with Crippen molar-refractivity contribution in [3.05, 3.63) is 28.2 Å². The molecule has 0 spiro atoms. The molecule has 1 aromatic carbocycles. The van der Waals surface area contributed by atoms with Gasteiger partial charge in [0.2, 0.25) is 0 Å². The van der Waals surface area contributed by atoms with Gasteiger partial charge in [0, 0.05) is 48.9 Å². The van der Waals surface area contributed by atoms with Crippen LogP contribution in [0.3, 0.4) is 0 Å². The average Bonchev–Trinajstić information content (AvgIpc) is 2.98. The van der Waals surface area contributed by atoms with Gasteiger partial charge in [0.15, 0.2) is 0 Å². The van der Waals surface area contributed by atoms with Gasteiger partial charge in [-0.25, -0.2) is 0 Å². The van der Waals surface area contributed by atoms with E-state index in [1.54, 1.807) is 0 Å². The summed E-state index contributed by atoms with van der Waals surface area (Å²) in [6, 6.07) is 7.17. The molecule has 1 saturated carbocycles. The van der Waals surface area contributed by atoms with E-state index in [2.05, 4.69) is 37.9 Å². The minimum Gasteiger partial charge on any atom is -0.398 e. The molecule has 0 bridgehead atoms. The zero-order chi connectivity index (χ0) is 13.9. The Hall–Kier alpha value is -0.580. The SMILES string of the molecule is Nc1ccc(CN2CCN(C3CCCC3)CC2)cc1Br. The number of hydrogen-bond donors (Lipinski definition) is 1. The molecular formula is C16H24BrN3. The van der Waals surface area contributed by atoms with Crippen LogP contribution >= 0.6 is 15.9 Å². The molecule has 1 saturated heterocycles. The highest BCUT2D eigenvalue weighted by molar-refractivity contribution is 9.10. The standard InChI is InChI=1S/C16H24BrN3/c17-15-11-13(5-6-16(15)18)12-19-7-9-20(10-8-19)14-3-1-2-4-14/h5-6,11,14H,1-4,7-10,12,18H2. The summed E-state index contributed by atoms with van der Waals surface area (Å²) in [6.45, 7) is 5.90. The van der Waals surface area contributed by atoms with Gasteiger partial charge in [-0.15, -0.1) is 0 Å². The minimum atomic E-state index is 0.819. The highest BCUT2D eigenvalue weighted by atomic mass is 79.9. The van der Waals surface area contributed by atoms with E-state index < -0.39 is 0 Å². The summed E-state index contributed by atoms with van der Waals surface area (Å²) in [5.74, 6) is 0. The molecule has 0 unspecified atom stereocenters. The summed E-state index contributed by atoms with van der Waals surface area (Å²) in [5.41, 5.74) is 8.01. The molecule has 1 heterocycles. The molecule has 2 aliphatic rings. The number of piperazine rings is 1. The van der Waals surface area contributed by atoms with Crippen LogP contribution in [0.1, 0.15) is 31.2 Å². The maximum atomic E-state index is 5.84. The summed E-state index contributed by atoms with van der Waals surface area (Å²) in [7, 11) is 0. The third-order valence-electron chi connectivity index (χ3n) is 4.72. The molecule has 0 atom stereocenters. The predicted molar refractivity (Wildman–Crippen MR) is 87.7 cm³/mol. The number of benzene rings is 1. The third kappa shape index (κ3) is 3.35. The lowest BCUT2D eigenvalue weighted by Crippen LogP contribution is -2.49. The van der Waals surface area contributed by atoms with Gasteiger partial charge in [-0.3, -0.25) is 9.80 Å². The van der Waals surface area contributed by atoms with E-state index in [1.807, 2.05) is 6.07 Å². The van der Waals surface area contributed by atoms with E-state index in [4.69, 9.17) is 5.73 Å².